The zero-order valence-electron chi connectivity index (χ0n) is 14.6. The molecule has 0 aliphatic carbocycles. The molecule has 0 aliphatic rings. The number of hydrogen-bond acceptors (Lipinski definition) is 4. The molecule has 2 aromatic heterocycles. The molecule has 0 saturated carbocycles. The molecule has 27 heavy (non-hydrogen) atoms. The Hall–Kier alpha value is -3.67. The number of aromatic nitrogens is 3. The van der Waals surface area contributed by atoms with Crippen LogP contribution in [-0.2, 0) is 6.42 Å². The van der Waals surface area contributed by atoms with E-state index in [1.54, 1.807) is 18.2 Å². The van der Waals surface area contributed by atoms with Crippen LogP contribution in [0, 0.1) is 0 Å². The zero-order valence-corrected chi connectivity index (χ0v) is 14.6. The van der Waals surface area contributed by atoms with Gasteiger partial charge in [-0.15, -0.1) is 10.2 Å². The third kappa shape index (κ3) is 3.95. The lowest BCUT2D eigenvalue weighted by Gasteiger charge is -2.06. The number of nitrogens with zero attached hydrogens (tertiary/aromatic N) is 2. The highest BCUT2D eigenvalue weighted by atomic mass is 16.1. The van der Waals surface area contributed by atoms with Crippen molar-refractivity contribution < 1.29 is 4.79 Å². The summed E-state index contributed by atoms with van der Waals surface area (Å²) in [4.78, 5) is 15.4. The number of benzene rings is 2. The number of rotatable bonds is 6. The van der Waals surface area contributed by atoms with Crippen LogP contribution in [0.25, 0.3) is 10.9 Å². The number of para-hydroxylation sites is 1. The van der Waals surface area contributed by atoms with E-state index in [0.717, 1.165) is 18.5 Å². The largest absolute Gasteiger partial charge is 0.368 e. The molecular weight excluding hydrogens is 338 g/mol. The predicted molar refractivity (Wildman–Crippen MR) is 107 cm³/mol. The number of fused-ring (bicyclic) bond motifs is 1. The van der Waals surface area contributed by atoms with Gasteiger partial charge in [-0.05, 0) is 42.3 Å². The molecule has 2 heterocycles. The minimum atomic E-state index is -0.204. The first kappa shape index (κ1) is 16.8. The van der Waals surface area contributed by atoms with Gasteiger partial charge in [-0.2, -0.15) is 0 Å². The van der Waals surface area contributed by atoms with Gasteiger partial charge < -0.3 is 15.6 Å². The van der Waals surface area contributed by atoms with E-state index in [4.69, 9.17) is 0 Å². The van der Waals surface area contributed by atoms with Crippen molar-refractivity contribution in [2.24, 2.45) is 0 Å². The number of carbonyl (C=O) groups excluding carboxylic acids is 1. The Morgan fingerprint density at radius 2 is 1.63 bits per heavy atom. The molecule has 0 unspecified atom stereocenters. The molecule has 0 aliphatic heterocycles. The first-order valence-corrected chi connectivity index (χ1v) is 8.78. The summed E-state index contributed by atoms with van der Waals surface area (Å²) < 4.78 is 0. The topological polar surface area (TPSA) is 82.7 Å². The average molecular weight is 357 g/mol. The summed E-state index contributed by atoms with van der Waals surface area (Å²) in [7, 11) is 0. The van der Waals surface area contributed by atoms with Crippen molar-refractivity contribution in [3.8, 4) is 0 Å². The maximum absolute atomic E-state index is 12.1. The minimum absolute atomic E-state index is 0.204. The van der Waals surface area contributed by atoms with Gasteiger partial charge in [0.05, 0.1) is 0 Å². The molecule has 134 valence electrons. The molecule has 0 bridgehead atoms. The highest BCUT2D eigenvalue weighted by Gasteiger charge is 2.07. The molecule has 3 N–H and O–H groups in total. The number of anilines is 2. The van der Waals surface area contributed by atoms with Crippen molar-refractivity contribution in [2.75, 3.05) is 17.2 Å². The number of amides is 1. The van der Waals surface area contributed by atoms with E-state index in [1.807, 2.05) is 42.6 Å². The van der Waals surface area contributed by atoms with E-state index in [0.29, 0.717) is 17.2 Å². The molecule has 4 rings (SSSR count). The normalized spacial score (nSPS) is 10.7. The lowest BCUT2D eigenvalue weighted by Crippen LogP contribution is -2.14. The lowest BCUT2D eigenvalue weighted by atomic mass is 10.1. The summed E-state index contributed by atoms with van der Waals surface area (Å²) in [5.41, 5.74) is 2.99. The Balaban J connectivity index is 1.32. The SMILES string of the molecule is O=C(Nc1ccc(NCCc2c[nH]c3ccccc23)nn1)c1ccccc1. The predicted octanol–water partition coefficient (Wildman–Crippen LogP) is 3.86. The molecule has 0 saturated heterocycles. The summed E-state index contributed by atoms with van der Waals surface area (Å²) in [6, 6.07) is 20.8. The molecule has 0 radical (unpaired) electrons. The van der Waals surface area contributed by atoms with Gasteiger partial charge in [-0.25, -0.2) is 0 Å². The van der Waals surface area contributed by atoms with E-state index in [2.05, 4.69) is 37.9 Å². The van der Waals surface area contributed by atoms with Crippen molar-refractivity contribution >= 4 is 28.4 Å². The Labute approximate surface area is 156 Å². The molecule has 0 atom stereocenters. The van der Waals surface area contributed by atoms with Gasteiger partial charge in [0.1, 0.15) is 5.82 Å². The maximum atomic E-state index is 12.1. The first-order chi connectivity index (χ1) is 13.3. The van der Waals surface area contributed by atoms with Gasteiger partial charge in [0, 0.05) is 29.2 Å². The molecule has 6 nitrogen and oxygen atoms in total. The third-order valence-corrected chi connectivity index (χ3v) is 4.32. The van der Waals surface area contributed by atoms with Gasteiger partial charge in [0.25, 0.3) is 5.91 Å². The minimum Gasteiger partial charge on any atom is -0.368 e. The first-order valence-electron chi connectivity index (χ1n) is 8.78. The fourth-order valence-electron chi connectivity index (χ4n) is 2.93. The lowest BCUT2D eigenvalue weighted by molar-refractivity contribution is 0.102. The van der Waals surface area contributed by atoms with E-state index >= 15 is 0 Å². The average Bonchev–Trinajstić information content (AvgIpc) is 3.13. The van der Waals surface area contributed by atoms with Gasteiger partial charge >= 0.3 is 0 Å². The number of aromatic amines is 1. The number of nitrogens with one attached hydrogen (secondary N) is 3. The Kier molecular flexibility index (Phi) is 4.78. The fraction of sp³-hybridized carbons (Fsp3) is 0.0952. The second kappa shape index (κ2) is 7.70. The van der Waals surface area contributed by atoms with Crippen molar-refractivity contribution in [3.63, 3.8) is 0 Å². The molecule has 4 aromatic rings. The van der Waals surface area contributed by atoms with E-state index < -0.39 is 0 Å². The molecule has 0 fully saturated rings. The second-order valence-electron chi connectivity index (χ2n) is 6.16. The highest BCUT2D eigenvalue weighted by Crippen LogP contribution is 2.18. The van der Waals surface area contributed by atoms with Crippen LogP contribution in [0.2, 0.25) is 0 Å². The van der Waals surface area contributed by atoms with Gasteiger partial charge in [0.15, 0.2) is 5.82 Å². The fourth-order valence-corrected chi connectivity index (χ4v) is 2.93. The van der Waals surface area contributed by atoms with E-state index in [9.17, 15) is 4.79 Å². The Morgan fingerprint density at radius 3 is 2.44 bits per heavy atom. The van der Waals surface area contributed by atoms with Gasteiger partial charge in [-0.1, -0.05) is 36.4 Å². The van der Waals surface area contributed by atoms with E-state index in [-0.39, 0.29) is 5.91 Å². The van der Waals surface area contributed by atoms with Gasteiger partial charge in [-0.3, -0.25) is 4.79 Å². The summed E-state index contributed by atoms with van der Waals surface area (Å²) in [5, 5.41) is 15.4. The Morgan fingerprint density at radius 1 is 0.889 bits per heavy atom. The van der Waals surface area contributed by atoms with Crippen LogP contribution in [0.5, 0.6) is 0 Å². The molecule has 1 amide bonds. The number of H-pyrrole nitrogens is 1. The van der Waals surface area contributed by atoms with Crippen molar-refractivity contribution in [2.45, 2.75) is 6.42 Å². The molecular formula is C21H19N5O. The number of hydrogen-bond donors (Lipinski definition) is 3. The van der Waals surface area contributed by atoms with Crippen LogP contribution in [-0.4, -0.2) is 27.6 Å². The van der Waals surface area contributed by atoms with Crippen molar-refractivity contribution in [1.82, 2.24) is 15.2 Å². The molecule has 2 aromatic carbocycles. The summed E-state index contributed by atoms with van der Waals surface area (Å²) >= 11 is 0. The standard InChI is InChI=1S/C21H19N5O/c27-21(15-6-2-1-3-7-15)24-20-11-10-19(25-26-20)22-13-12-16-14-23-18-9-5-4-8-17(16)18/h1-11,14,23H,12-13H2,(H,22,25)(H,24,26,27). The summed E-state index contributed by atoms with van der Waals surface area (Å²) in [6.07, 6.45) is 2.92. The van der Waals surface area contributed by atoms with Crippen LogP contribution < -0.4 is 10.6 Å². The van der Waals surface area contributed by atoms with Gasteiger partial charge in [0.2, 0.25) is 0 Å². The van der Waals surface area contributed by atoms with Crippen LogP contribution in [0.3, 0.4) is 0 Å². The van der Waals surface area contributed by atoms with E-state index in [1.165, 1.54) is 10.9 Å². The number of carbonyl (C=O) groups is 1. The quantitative estimate of drug-likeness (QED) is 0.489. The Bertz CT molecular complexity index is 1040. The van der Waals surface area contributed by atoms with Crippen LogP contribution in [0.15, 0.2) is 72.9 Å². The van der Waals surface area contributed by atoms with Crippen LogP contribution in [0.4, 0.5) is 11.6 Å². The summed E-state index contributed by atoms with van der Waals surface area (Å²) in [6.45, 7) is 0.742. The highest BCUT2D eigenvalue weighted by molar-refractivity contribution is 6.03. The monoisotopic (exact) mass is 357 g/mol. The van der Waals surface area contributed by atoms with Crippen molar-refractivity contribution in [1.29, 1.82) is 0 Å². The third-order valence-electron chi connectivity index (χ3n) is 4.32. The van der Waals surface area contributed by atoms with Crippen LogP contribution >= 0.6 is 0 Å². The summed E-state index contributed by atoms with van der Waals surface area (Å²) in [5.74, 6) is 0.892. The molecule has 0 spiro atoms. The zero-order chi connectivity index (χ0) is 18.5. The molecule has 6 heteroatoms. The maximum Gasteiger partial charge on any atom is 0.256 e. The second-order valence-corrected chi connectivity index (χ2v) is 6.16. The van der Waals surface area contributed by atoms with Crippen LogP contribution in [0.1, 0.15) is 15.9 Å². The van der Waals surface area contributed by atoms with Crippen molar-refractivity contribution in [3.05, 3.63) is 84.1 Å². The smallest absolute Gasteiger partial charge is 0.256 e.